The summed E-state index contributed by atoms with van der Waals surface area (Å²) >= 11 is 3.41. The normalized spacial score (nSPS) is 11.4. The molecule has 3 rings (SSSR count). The van der Waals surface area contributed by atoms with Gasteiger partial charge in [-0.15, -0.1) is 10.2 Å². The Morgan fingerprint density at radius 1 is 1.17 bits per heavy atom. The van der Waals surface area contributed by atoms with Crippen molar-refractivity contribution in [3.8, 4) is 5.88 Å². The molecule has 0 saturated carbocycles. The van der Waals surface area contributed by atoms with E-state index in [9.17, 15) is 14.7 Å². The second-order valence-corrected chi connectivity index (χ2v) is 7.68. The van der Waals surface area contributed by atoms with Crippen LogP contribution in [0.4, 0.5) is 5.69 Å². The van der Waals surface area contributed by atoms with Crippen LogP contribution in [0.5, 0.6) is 5.88 Å². The van der Waals surface area contributed by atoms with Gasteiger partial charge in [0.2, 0.25) is 5.88 Å². The van der Waals surface area contributed by atoms with Gasteiger partial charge in [-0.25, -0.2) is 0 Å². The first kappa shape index (κ1) is 20.7. The predicted octanol–water partition coefficient (Wildman–Crippen LogP) is 5.12. The van der Waals surface area contributed by atoms with Crippen LogP contribution in [0.2, 0.25) is 0 Å². The second-order valence-electron chi connectivity index (χ2n) is 6.76. The number of fused-ring (bicyclic) bond motifs is 1. The first-order chi connectivity index (χ1) is 13.9. The van der Waals surface area contributed by atoms with E-state index < -0.39 is 5.91 Å². The molecule has 0 unspecified atom stereocenters. The maximum atomic E-state index is 12.1. The number of carbonyl (C=O) groups is 2. The minimum Gasteiger partial charge on any atom is -0.493 e. The third-order valence-electron chi connectivity index (χ3n) is 4.35. The summed E-state index contributed by atoms with van der Waals surface area (Å²) < 4.78 is 2.57. The van der Waals surface area contributed by atoms with Gasteiger partial charge in [0, 0.05) is 34.4 Å². The van der Waals surface area contributed by atoms with Gasteiger partial charge < -0.3 is 15.0 Å². The number of hydrogen-bond acceptors (Lipinski definition) is 4. The molecule has 0 saturated heterocycles. The predicted molar refractivity (Wildman–Crippen MR) is 115 cm³/mol. The van der Waals surface area contributed by atoms with Gasteiger partial charge in [-0.2, -0.15) is 0 Å². The third kappa shape index (κ3) is 4.71. The van der Waals surface area contributed by atoms with Crippen LogP contribution < -0.4 is 5.32 Å². The lowest BCUT2D eigenvalue weighted by Gasteiger charge is -2.10. The molecule has 0 fully saturated rings. The molecule has 0 atom stereocenters. The van der Waals surface area contributed by atoms with Gasteiger partial charge in [-0.05, 0) is 44.2 Å². The molecule has 1 heterocycles. The van der Waals surface area contributed by atoms with E-state index in [4.69, 9.17) is 0 Å². The number of benzene rings is 2. The van der Waals surface area contributed by atoms with Crippen LogP contribution in [0.1, 0.15) is 36.7 Å². The van der Waals surface area contributed by atoms with Crippen LogP contribution in [0.15, 0.2) is 63.2 Å². The Balaban J connectivity index is 1.70. The summed E-state index contributed by atoms with van der Waals surface area (Å²) in [6.07, 6.45) is 0.00928. The molecule has 2 aromatic carbocycles. The van der Waals surface area contributed by atoms with Gasteiger partial charge in [0.15, 0.2) is 5.69 Å². The Bertz CT molecular complexity index is 1070. The van der Waals surface area contributed by atoms with E-state index in [1.54, 1.807) is 28.8 Å². The Kier molecular flexibility index (Phi) is 6.43. The van der Waals surface area contributed by atoms with E-state index in [0.29, 0.717) is 10.9 Å². The van der Waals surface area contributed by atoms with E-state index in [0.717, 1.165) is 9.99 Å². The fourth-order valence-electron chi connectivity index (χ4n) is 3.01. The summed E-state index contributed by atoms with van der Waals surface area (Å²) in [5, 5.41) is 21.7. The minimum absolute atomic E-state index is 0.00604. The molecular formula is C21H21BrN4O3. The molecule has 0 bridgehead atoms. The number of nitrogens with one attached hydrogen (secondary N) is 1. The highest BCUT2D eigenvalue weighted by Crippen LogP contribution is 2.41. The van der Waals surface area contributed by atoms with Crippen molar-refractivity contribution in [3.05, 3.63) is 58.6 Å². The quantitative estimate of drug-likeness (QED) is 0.503. The second kappa shape index (κ2) is 9.00. The lowest BCUT2D eigenvalue weighted by atomic mass is 10.2. The number of carbonyl (C=O) groups excluding carboxylic acids is 2. The Hall–Kier alpha value is -3.00. The van der Waals surface area contributed by atoms with Gasteiger partial charge in [0.1, 0.15) is 0 Å². The molecule has 0 spiro atoms. The highest BCUT2D eigenvalue weighted by atomic mass is 79.9. The topological polar surface area (TPSA) is 96.0 Å². The fourth-order valence-corrected chi connectivity index (χ4v) is 3.37. The van der Waals surface area contributed by atoms with Crippen LogP contribution in [-0.4, -0.2) is 28.0 Å². The van der Waals surface area contributed by atoms with Gasteiger partial charge in [-0.1, -0.05) is 34.1 Å². The van der Waals surface area contributed by atoms with Gasteiger partial charge in [-0.3, -0.25) is 9.59 Å². The zero-order chi connectivity index (χ0) is 21.0. The number of nitrogens with zero attached hydrogens (tertiary/aromatic N) is 3. The molecule has 0 aliphatic rings. The first-order valence-electron chi connectivity index (χ1n) is 9.18. The van der Waals surface area contributed by atoms with E-state index >= 15 is 0 Å². The van der Waals surface area contributed by atoms with Crippen LogP contribution in [0, 0.1) is 0 Å². The van der Waals surface area contributed by atoms with Crippen molar-refractivity contribution in [2.75, 3.05) is 6.54 Å². The van der Waals surface area contributed by atoms with Crippen LogP contribution in [0.3, 0.4) is 0 Å². The largest absolute Gasteiger partial charge is 0.493 e. The summed E-state index contributed by atoms with van der Waals surface area (Å²) in [6, 6.07) is 14.3. The van der Waals surface area contributed by atoms with Crippen molar-refractivity contribution in [1.82, 2.24) is 9.88 Å². The summed E-state index contributed by atoms with van der Waals surface area (Å²) in [6.45, 7) is 4.04. The number of azo groups is 1. The average molecular weight is 457 g/mol. The third-order valence-corrected chi connectivity index (χ3v) is 4.84. The first-order valence-corrected chi connectivity index (χ1v) is 9.98. The van der Waals surface area contributed by atoms with Crippen molar-refractivity contribution >= 4 is 44.3 Å². The number of hydrogen-bond donors (Lipinski definition) is 2. The molecule has 3 aromatic rings. The number of aromatic nitrogens is 1. The SMILES string of the molecule is CC(C)n1c(O)c(N=NC(=O)CCNC(=O)c2ccccc2)c2cc(Br)ccc21. The molecule has 2 N–H and O–H groups in total. The maximum Gasteiger partial charge on any atom is 0.266 e. The summed E-state index contributed by atoms with van der Waals surface area (Å²) in [4.78, 5) is 24.1. The highest BCUT2D eigenvalue weighted by Gasteiger charge is 2.19. The molecule has 150 valence electrons. The highest BCUT2D eigenvalue weighted by molar-refractivity contribution is 9.10. The molecule has 2 amide bonds. The molecule has 1 aromatic heterocycles. The van der Waals surface area contributed by atoms with Crippen molar-refractivity contribution < 1.29 is 14.7 Å². The Labute approximate surface area is 176 Å². The standard InChI is InChI=1S/C21H21BrN4O3/c1-13(2)26-17-9-8-15(22)12-16(17)19(21(26)29)25-24-18(27)10-11-23-20(28)14-6-4-3-5-7-14/h3-9,12-13,29H,10-11H2,1-2H3,(H,23,28). The van der Waals surface area contributed by atoms with Crippen molar-refractivity contribution in [1.29, 1.82) is 0 Å². The maximum absolute atomic E-state index is 12.1. The van der Waals surface area contributed by atoms with Crippen LogP contribution >= 0.6 is 15.9 Å². The molecule has 0 aliphatic carbocycles. The van der Waals surface area contributed by atoms with Crippen molar-refractivity contribution in [3.63, 3.8) is 0 Å². The smallest absolute Gasteiger partial charge is 0.266 e. The molecule has 29 heavy (non-hydrogen) atoms. The molecule has 0 radical (unpaired) electrons. The number of rotatable bonds is 6. The van der Waals surface area contributed by atoms with Gasteiger partial charge >= 0.3 is 0 Å². The van der Waals surface area contributed by atoms with Crippen LogP contribution in [0.25, 0.3) is 10.9 Å². The monoisotopic (exact) mass is 456 g/mol. The van der Waals surface area contributed by atoms with Crippen molar-refractivity contribution in [2.45, 2.75) is 26.3 Å². The Morgan fingerprint density at radius 3 is 2.59 bits per heavy atom. The lowest BCUT2D eigenvalue weighted by molar-refractivity contribution is -0.118. The summed E-state index contributed by atoms with van der Waals surface area (Å²) in [7, 11) is 0. The number of amides is 2. The lowest BCUT2D eigenvalue weighted by Crippen LogP contribution is -2.25. The van der Waals surface area contributed by atoms with Gasteiger partial charge in [0.25, 0.3) is 11.8 Å². The summed E-state index contributed by atoms with van der Waals surface area (Å²) in [5.41, 5.74) is 1.58. The van der Waals surface area contributed by atoms with Crippen LogP contribution in [-0.2, 0) is 4.79 Å². The van der Waals surface area contributed by atoms with E-state index in [1.807, 2.05) is 38.1 Å². The zero-order valence-corrected chi connectivity index (χ0v) is 17.7. The molecular weight excluding hydrogens is 436 g/mol. The number of halogens is 1. The van der Waals surface area contributed by atoms with E-state index in [1.165, 1.54) is 0 Å². The molecule has 7 nitrogen and oxygen atoms in total. The molecule has 0 aliphatic heterocycles. The van der Waals surface area contributed by atoms with E-state index in [-0.39, 0.29) is 36.5 Å². The summed E-state index contributed by atoms with van der Waals surface area (Å²) in [5.74, 6) is -0.780. The Morgan fingerprint density at radius 2 is 1.90 bits per heavy atom. The zero-order valence-electron chi connectivity index (χ0n) is 16.1. The minimum atomic E-state index is -0.488. The van der Waals surface area contributed by atoms with Gasteiger partial charge in [0.05, 0.1) is 5.52 Å². The molecule has 8 heteroatoms. The number of aromatic hydroxyl groups is 1. The van der Waals surface area contributed by atoms with Crippen molar-refractivity contribution in [2.24, 2.45) is 10.2 Å². The fraction of sp³-hybridized carbons (Fsp3) is 0.238. The average Bonchev–Trinajstić information content (AvgIpc) is 2.97. The van der Waals surface area contributed by atoms with E-state index in [2.05, 4.69) is 31.5 Å².